The second-order valence-corrected chi connectivity index (χ2v) is 6.06. The lowest BCUT2D eigenvalue weighted by Crippen LogP contribution is -2.37. The molecule has 0 radical (unpaired) electrons. The maximum Gasteiger partial charge on any atom is 0.243 e. The molecule has 1 fully saturated rings. The van der Waals surface area contributed by atoms with Crippen LogP contribution in [-0.4, -0.2) is 59.3 Å². The van der Waals surface area contributed by atoms with E-state index in [9.17, 15) is 0 Å². The molecule has 1 aliphatic rings. The van der Waals surface area contributed by atoms with E-state index in [1.165, 1.54) is 0 Å². The average Bonchev–Trinajstić information content (AvgIpc) is 2.55. The van der Waals surface area contributed by atoms with E-state index in [1.54, 1.807) is 0 Å². The Morgan fingerprint density at radius 1 is 1.29 bits per heavy atom. The van der Waals surface area contributed by atoms with Crippen molar-refractivity contribution in [3.63, 3.8) is 0 Å². The van der Waals surface area contributed by atoms with Crippen LogP contribution in [0.1, 0.15) is 13.3 Å². The fraction of sp³-hybridized carbons (Fsp3) is 0.750. The van der Waals surface area contributed by atoms with Crippen molar-refractivity contribution in [1.82, 2.24) is 15.0 Å². The quantitative estimate of drug-likeness (QED) is 0.492. The number of aromatic nitrogens is 3. The molecular weight excluding hydrogens is 290 g/mol. The minimum atomic E-state index is 0.368. The first-order valence-electron chi connectivity index (χ1n) is 7.05. The number of hydrogen-bond acceptors (Lipinski definition) is 9. The van der Waals surface area contributed by atoms with Gasteiger partial charge in [-0.3, -0.25) is 5.43 Å². The van der Waals surface area contributed by atoms with Crippen LogP contribution in [0.25, 0.3) is 0 Å². The first-order chi connectivity index (χ1) is 10.2. The van der Waals surface area contributed by atoms with E-state index < -0.39 is 0 Å². The Morgan fingerprint density at radius 3 is 2.67 bits per heavy atom. The molecule has 1 atom stereocenters. The van der Waals surface area contributed by atoms with Gasteiger partial charge < -0.3 is 15.0 Å². The van der Waals surface area contributed by atoms with E-state index in [0.717, 1.165) is 26.1 Å². The van der Waals surface area contributed by atoms with Crippen LogP contribution in [0, 0.1) is 0 Å². The molecule has 0 spiro atoms. The summed E-state index contributed by atoms with van der Waals surface area (Å²) >= 11 is 1.85. The summed E-state index contributed by atoms with van der Waals surface area (Å²) in [5, 5.41) is 3.84. The zero-order chi connectivity index (χ0) is 15.1. The molecular formula is C12H23N7OS. The van der Waals surface area contributed by atoms with Gasteiger partial charge in [-0.2, -0.15) is 26.7 Å². The monoisotopic (exact) mass is 313 g/mol. The molecule has 0 saturated carbocycles. The minimum absolute atomic E-state index is 0.368. The van der Waals surface area contributed by atoms with Crippen molar-refractivity contribution >= 4 is 29.6 Å². The zero-order valence-electron chi connectivity index (χ0n) is 12.5. The van der Waals surface area contributed by atoms with Crippen molar-refractivity contribution < 1.29 is 4.74 Å². The van der Waals surface area contributed by atoms with Gasteiger partial charge in [-0.25, -0.2) is 5.84 Å². The summed E-state index contributed by atoms with van der Waals surface area (Å²) in [5.74, 6) is 6.98. The number of rotatable bonds is 7. The molecule has 1 aromatic heterocycles. The highest BCUT2D eigenvalue weighted by Crippen LogP contribution is 2.15. The van der Waals surface area contributed by atoms with Crippen LogP contribution in [0.3, 0.4) is 0 Å². The highest BCUT2D eigenvalue weighted by atomic mass is 32.2. The van der Waals surface area contributed by atoms with Gasteiger partial charge >= 0.3 is 0 Å². The van der Waals surface area contributed by atoms with Crippen LogP contribution >= 0.6 is 11.8 Å². The summed E-state index contributed by atoms with van der Waals surface area (Å²) in [5.41, 5.74) is 2.49. The molecule has 2 rings (SSSR count). The first-order valence-corrected chi connectivity index (χ1v) is 8.33. The Bertz CT molecular complexity index is 442. The molecule has 4 N–H and O–H groups in total. The summed E-state index contributed by atoms with van der Waals surface area (Å²) < 4.78 is 5.34. The van der Waals surface area contributed by atoms with Gasteiger partial charge in [-0.1, -0.05) is 6.92 Å². The van der Waals surface area contributed by atoms with Crippen LogP contribution in [0.4, 0.5) is 17.8 Å². The van der Waals surface area contributed by atoms with Crippen molar-refractivity contribution in [2.75, 3.05) is 54.7 Å². The number of nitrogens with zero attached hydrogens (tertiary/aromatic N) is 4. The number of thioether (sulfide) groups is 1. The van der Waals surface area contributed by atoms with Crippen molar-refractivity contribution in [2.45, 2.75) is 18.6 Å². The predicted molar refractivity (Wildman–Crippen MR) is 86.8 cm³/mol. The van der Waals surface area contributed by atoms with Gasteiger partial charge in [0.2, 0.25) is 17.8 Å². The number of ether oxygens (including phenoxy) is 1. The van der Waals surface area contributed by atoms with Gasteiger partial charge in [-0.15, -0.1) is 0 Å². The lowest BCUT2D eigenvalue weighted by molar-refractivity contribution is 0.122. The molecule has 118 valence electrons. The topological polar surface area (TPSA) is 101 Å². The summed E-state index contributed by atoms with van der Waals surface area (Å²) in [6.07, 6.45) is 3.16. The van der Waals surface area contributed by atoms with E-state index in [4.69, 9.17) is 10.6 Å². The number of hydrazine groups is 1. The number of hydrogen-bond donors (Lipinski definition) is 3. The van der Waals surface area contributed by atoms with Crippen LogP contribution in [0.2, 0.25) is 0 Å². The second-order valence-electron chi connectivity index (χ2n) is 4.79. The fourth-order valence-corrected chi connectivity index (χ4v) is 2.27. The summed E-state index contributed by atoms with van der Waals surface area (Å²) in [4.78, 5) is 15.1. The standard InChI is InChI=1S/C12H23N7OS/c1-9(21-2)3-4-14-10-15-11(18-13)17-12(16-10)19-5-7-20-8-6-19/h9H,3-8,13H2,1-2H3,(H2,14,15,16,17,18). The van der Waals surface area contributed by atoms with Gasteiger partial charge in [0.05, 0.1) is 13.2 Å². The average molecular weight is 313 g/mol. The number of anilines is 3. The van der Waals surface area contributed by atoms with Gasteiger partial charge in [0.25, 0.3) is 0 Å². The molecule has 1 aliphatic heterocycles. The first kappa shape index (κ1) is 16.1. The maximum absolute atomic E-state index is 5.44. The second kappa shape index (κ2) is 8.20. The lowest BCUT2D eigenvalue weighted by atomic mass is 10.3. The van der Waals surface area contributed by atoms with Crippen LogP contribution < -0.4 is 21.5 Å². The molecule has 2 heterocycles. The molecule has 0 aliphatic carbocycles. The maximum atomic E-state index is 5.44. The van der Waals surface area contributed by atoms with Crippen LogP contribution in [0.5, 0.6) is 0 Å². The molecule has 1 saturated heterocycles. The van der Waals surface area contributed by atoms with Crippen LogP contribution in [0.15, 0.2) is 0 Å². The predicted octanol–water partition coefficient (Wildman–Crippen LogP) is 0.547. The largest absolute Gasteiger partial charge is 0.378 e. The molecule has 21 heavy (non-hydrogen) atoms. The fourth-order valence-electron chi connectivity index (χ4n) is 1.92. The van der Waals surface area contributed by atoms with E-state index in [2.05, 4.69) is 43.8 Å². The minimum Gasteiger partial charge on any atom is -0.378 e. The molecule has 8 nitrogen and oxygen atoms in total. The number of nitrogens with two attached hydrogens (primary N) is 1. The van der Waals surface area contributed by atoms with Gasteiger partial charge in [0.1, 0.15) is 0 Å². The molecule has 1 aromatic rings. The third-order valence-electron chi connectivity index (χ3n) is 3.28. The Labute approximate surface area is 129 Å². The van der Waals surface area contributed by atoms with Crippen molar-refractivity contribution in [2.24, 2.45) is 5.84 Å². The molecule has 9 heteroatoms. The Morgan fingerprint density at radius 2 is 2.00 bits per heavy atom. The molecule has 0 bridgehead atoms. The van der Waals surface area contributed by atoms with Crippen LogP contribution in [-0.2, 0) is 4.74 Å². The van der Waals surface area contributed by atoms with Gasteiger partial charge in [0.15, 0.2) is 0 Å². The van der Waals surface area contributed by atoms with E-state index in [-0.39, 0.29) is 0 Å². The Balaban J connectivity index is 2.02. The van der Waals surface area contributed by atoms with E-state index >= 15 is 0 Å². The highest BCUT2D eigenvalue weighted by molar-refractivity contribution is 7.99. The number of nitrogen functional groups attached to an aromatic ring is 1. The molecule has 0 amide bonds. The van der Waals surface area contributed by atoms with Gasteiger partial charge in [-0.05, 0) is 12.7 Å². The normalized spacial score (nSPS) is 16.6. The number of morpholine rings is 1. The molecule has 0 aromatic carbocycles. The lowest BCUT2D eigenvalue weighted by Gasteiger charge is -2.27. The van der Waals surface area contributed by atoms with Crippen molar-refractivity contribution in [3.8, 4) is 0 Å². The van der Waals surface area contributed by atoms with Crippen molar-refractivity contribution in [1.29, 1.82) is 0 Å². The SMILES string of the molecule is CSC(C)CCNc1nc(NN)nc(N2CCOCC2)n1. The number of nitrogens with one attached hydrogen (secondary N) is 2. The molecule has 1 unspecified atom stereocenters. The Kier molecular flexibility index (Phi) is 6.27. The summed E-state index contributed by atoms with van der Waals surface area (Å²) in [6.45, 7) is 5.94. The van der Waals surface area contributed by atoms with Crippen molar-refractivity contribution in [3.05, 3.63) is 0 Å². The third-order valence-corrected chi connectivity index (χ3v) is 4.32. The van der Waals surface area contributed by atoms with E-state index in [1.807, 2.05) is 11.8 Å². The van der Waals surface area contributed by atoms with Gasteiger partial charge in [0, 0.05) is 24.9 Å². The third kappa shape index (κ3) is 4.87. The highest BCUT2D eigenvalue weighted by Gasteiger charge is 2.16. The zero-order valence-corrected chi connectivity index (χ0v) is 13.3. The van der Waals surface area contributed by atoms with E-state index in [0.29, 0.717) is 36.3 Å². The Hall–Kier alpha value is -1.32. The summed E-state index contributed by atoms with van der Waals surface area (Å²) in [7, 11) is 0. The smallest absolute Gasteiger partial charge is 0.243 e. The summed E-state index contributed by atoms with van der Waals surface area (Å²) in [6, 6.07) is 0.